The lowest BCUT2D eigenvalue weighted by atomic mass is 9.88. The second-order valence-electron chi connectivity index (χ2n) is 5.23. The number of aryl methyl sites for hydroxylation is 1. The molecule has 5 nitrogen and oxygen atoms in total. The number of rotatable bonds is 2. The maximum absolute atomic E-state index is 11.1. The zero-order valence-electron chi connectivity index (χ0n) is 10.9. The molecule has 2 aromatic rings. The Morgan fingerprint density at radius 3 is 2.74 bits per heavy atom. The molecule has 2 aromatic heterocycles. The van der Waals surface area contributed by atoms with E-state index in [0.29, 0.717) is 17.0 Å². The minimum absolute atomic E-state index is 0.252. The molecule has 0 saturated heterocycles. The molecule has 5 heteroatoms. The number of carboxylic acids is 1. The lowest BCUT2D eigenvalue weighted by Gasteiger charge is -2.20. The number of hydrogen-bond donors (Lipinski definition) is 2. The summed E-state index contributed by atoms with van der Waals surface area (Å²) >= 11 is 0. The van der Waals surface area contributed by atoms with Gasteiger partial charge in [0.1, 0.15) is 11.5 Å². The largest absolute Gasteiger partial charge is 0.478 e. The first-order valence-corrected chi connectivity index (χ1v) is 6.75. The van der Waals surface area contributed by atoms with Crippen molar-refractivity contribution >= 4 is 17.0 Å². The van der Waals surface area contributed by atoms with E-state index in [-0.39, 0.29) is 5.56 Å². The number of aromatic amines is 1. The van der Waals surface area contributed by atoms with Crippen LogP contribution in [0.15, 0.2) is 6.20 Å². The second kappa shape index (κ2) is 4.64. The normalized spacial score (nSPS) is 16.9. The predicted octanol–water partition coefficient (Wildman–Crippen LogP) is 3.01. The Morgan fingerprint density at radius 1 is 1.32 bits per heavy atom. The van der Waals surface area contributed by atoms with Crippen LogP contribution in [0.1, 0.15) is 59.9 Å². The van der Waals surface area contributed by atoms with Gasteiger partial charge in [-0.05, 0) is 19.8 Å². The molecule has 1 saturated carbocycles. The van der Waals surface area contributed by atoms with Crippen LogP contribution in [-0.4, -0.2) is 26.0 Å². The highest BCUT2D eigenvalue weighted by atomic mass is 16.4. The van der Waals surface area contributed by atoms with Gasteiger partial charge in [0.15, 0.2) is 0 Å². The van der Waals surface area contributed by atoms with Crippen molar-refractivity contribution in [3.8, 4) is 0 Å². The van der Waals surface area contributed by atoms with Gasteiger partial charge >= 0.3 is 5.97 Å². The van der Waals surface area contributed by atoms with E-state index >= 15 is 0 Å². The molecule has 2 heterocycles. The van der Waals surface area contributed by atoms with Crippen LogP contribution in [0.4, 0.5) is 0 Å². The van der Waals surface area contributed by atoms with E-state index in [9.17, 15) is 4.79 Å². The quantitative estimate of drug-likeness (QED) is 0.868. The van der Waals surface area contributed by atoms with Crippen LogP contribution >= 0.6 is 0 Å². The molecular weight excluding hydrogens is 242 g/mol. The molecule has 0 bridgehead atoms. The maximum atomic E-state index is 11.1. The Morgan fingerprint density at radius 2 is 2.05 bits per heavy atom. The van der Waals surface area contributed by atoms with Gasteiger partial charge in [-0.1, -0.05) is 19.3 Å². The van der Waals surface area contributed by atoms with Gasteiger partial charge in [-0.15, -0.1) is 0 Å². The van der Waals surface area contributed by atoms with Gasteiger partial charge in [0.2, 0.25) is 0 Å². The predicted molar refractivity (Wildman–Crippen MR) is 71.4 cm³/mol. The fourth-order valence-electron chi connectivity index (χ4n) is 2.95. The maximum Gasteiger partial charge on any atom is 0.338 e. The highest BCUT2D eigenvalue weighted by molar-refractivity contribution is 6.03. The molecule has 0 spiro atoms. The van der Waals surface area contributed by atoms with Gasteiger partial charge in [-0.3, -0.25) is 0 Å². The molecular formula is C14H17N3O2. The van der Waals surface area contributed by atoms with Gasteiger partial charge < -0.3 is 10.1 Å². The van der Waals surface area contributed by atoms with E-state index in [1.165, 1.54) is 25.5 Å². The molecule has 100 valence electrons. The number of carbonyl (C=O) groups is 1. The van der Waals surface area contributed by atoms with Crippen LogP contribution < -0.4 is 0 Å². The number of carboxylic acid groups (broad SMARTS) is 1. The first-order valence-electron chi connectivity index (χ1n) is 6.75. The Hall–Kier alpha value is -1.91. The van der Waals surface area contributed by atoms with Gasteiger partial charge in [0.25, 0.3) is 0 Å². The van der Waals surface area contributed by atoms with Gasteiger partial charge in [0.05, 0.1) is 16.6 Å². The molecule has 0 unspecified atom stereocenters. The summed E-state index contributed by atoms with van der Waals surface area (Å²) in [7, 11) is 0. The van der Waals surface area contributed by atoms with Crippen molar-refractivity contribution in [3.05, 3.63) is 23.3 Å². The Labute approximate surface area is 111 Å². The molecule has 0 aromatic carbocycles. The third-order valence-electron chi connectivity index (χ3n) is 3.93. The molecule has 0 atom stereocenters. The Kier molecular flexibility index (Phi) is 2.97. The molecule has 19 heavy (non-hydrogen) atoms. The number of hydrogen-bond acceptors (Lipinski definition) is 3. The average molecular weight is 259 g/mol. The molecule has 2 N–H and O–H groups in total. The molecule has 1 aliphatic rings. The Balaban J connectivity index is 2.07. The summed E-state index contributed by atoms with van der Waals surface area (Å²) in [4.78, 5) is 23.2. The number of aromatic nitrogens is 3. The molecule has 1 fully saturated rings. The lowest BCUT2D eigenvalue weighted by molar-refractivity contribution is 0.0699. The zero-order valence-corrected chi connectivity index (χ0v) is 10.9. The van der Waals surface area contributed by atoms with Crippen molar-refractivity contribution in [2.24, 2.45) is 0 Å². The van der Waals surface area contributed by atoms with Crippen LogP contribution in [0.25, 0.3) is 11.0 Å². The average Bonchev–Trinajstić information content (AvgIpc) is 2.84. The van der Waals surface area contributed by atoms with Crippen molar-refractivity contribution in [1.29, 1.82) is 0 Å². The van der Waals surface area contributed by atoms with Crippen LogP contribution in [0.2, 0.25) is 0 Å². The highest BCUT2D eigenvalue weighted by Crippen LogP contribution is 2.32. The monoisotopic (exact) mass is 259 g/mol. The smallest absolute Gasteiger partial charge is 0.338 e. The second-order valence-corrected chi connectivity index (χ2v) is 5.23. The first-order chi connectivity index (χ1) is 9.16. The van der Waals surface area contributed by atoms with E-state index in [2.05, 4.69) is 15.0 Å². The molecule has 0 amide bonds. The minimum Gasteiger partial charge on any atom is -0.478 e. The third kappa shape index (κ3) is 2.09. The van der Waals surface area contributed by atoms with Gasteiger partial charge in [0, 0.05) is 12.1 Å². The first kappa shape index (κ1) is 12.1. The van der Waals surface area contributed by atoms with E-state index < -0.39 is 5.97 Å². The summed E-state index contributed by atoms with van der Waals surface area (Å²) in [6, 6.07) is 0. The highest BCUT2D eigenvalue weighted by Gasteiger charge is 2.21. The van der Waals surface area contributed by atoms with Crippen LogP contribution in [0, 0.1) is 6.92 Å². The van der Waals surface area contributed by atoms with Crippen molar-refractivity contribution < 1.29 is 9.90 Å². The lowest BCUT2D eigenvalue weighted by Crippen LogP contribution is -2.10. The fourth-order valence-corrected chi connectivity index (χ4v) is 2.95. The number of nitrogens with one attached hydrogen (secondary N) is 1. The summed E-state index contributed by atoms with van der Waals surface area (Å²) < 4.78 is 0. The standard InChI is InChI=1S/C14H17N3O2/c1-8-11-10(14(18)19)7-15-13(11)17-12(16-8)9-5-3-2-4-6-9/h7,9H,2-6H2,1H3,(H,18,19)(H,15,16,17). The van der Waals surface area contributed by atoms with Crippen LogP contribution in [0.5, 0.6) is 0 Å². The molecule has 1 aliphatic carbocycles. The van der Waals surface area contributed by atoms with Crippen molar-refractivity contribution in [2.45, 2.75) is 44.9 Å². The van der Waals surface area contributed by atoms with E-state index in [1.54, 1.807) is 0 Å². The van der Waals surface area contributed by atoms with Gasteiger partial charge in [-0.2, -0.15) is 0 Å². The summed E-state index contributed by atoms with van der Waals surface area (Å²) in [6.45, 7) is 1.86. The number of H-pyrrole nitrogens is 1. The topological polar surface area (TPSA) is 78.9 Å². The third-order valence-corrected chi connectivity index (χ3v) is 3.93. The number of aromatic carboxylic acids is 1. The molecule has 0 aliphatic heterocycles. The van der Waals surface area contributed by atoms with Crippen LogP contribution in [-0.2, 0) is 0 Å². The SMILES string of the molecule is Cc1nc(C2CCCCC2)nc2[nH]cc(C(=O)O)c12. The number of nitrogens with zero attached hydrogens (tertiary/aromatic N) is 2. The van der Waals surface area contributed by atoms with Crippen molar-refractivity contribution in [3.63, 3.8) is 0 Å². The van der Waals surface area contributed by atoms with E-state index in [0.717, 1.165) is 24.4 Å². The van der Waals surface area contributed by atoms with Crippen molar-refractivity contribution in [1.82, 2.24) is 15.0 Å². The molecule has 0 radical (unpaired) electrons. The van der Waals surface area contributed by atoms with E-state index in [4.69, 9.17) is 5.11 Å². The fraction of sp³-hybridized carbons (Fsp3) is 0.500. The summed E-state index contributed by atoms with van der Waals surface area (Å²) in [5, 5.41) is 9.77. The minimum atomic E-state index is -0.941. The van der Waals surface area contributed by atoms with Gasteiger partial charge in [-0.25, -0.2) is 14.8 Å². The summed E-state index contributed by atoms with van der Waals surface area (Å²) in [5.74, 6) is 0.347. The number of fused-ring (bicyclic) bond motifs is 1. The summed E-state index contributed by atoms with van der Waals surface area (Å²) in [6.07, 6.45) is 7.53. The van der Waals surface area contributed by atoms with Crippen LogP contribution in [0.3, 0.4) is 0 Å². The van der Waals surface area contributed by atoms with Crippen molar-refractivity contribution in [2.75, 3.05) is 0 Å². The zero-order chi connectivity index (χ0) is 13.4. The van der Waals surface area contributed by atoms with E-state index in [1.807, 2.05) is 6.92 Å². The molecule has 3 rings (SSSR count). The Bertz CT molecular complexity index is 627. The summed E-state index contributed by atoms with van der Waals surface area (Å²) in [5.41, 5.74) is 1.65.